The molecule has 0 aliphatic carbocycles. The molecule has 2 aliphatic rings. The van der Waals surface area contributed by atoms with E-state index in [1.807, 2.05) is 0 Å². The molecule has 0 bridgehead atoms. The molecule has 8 heteroatoms. The fourth-order valence-corrected chi connectivity index (χ4v) is 5.04. The molecule has 1 amide bonds. The zero-order valence-corrected chi connectivity index (χ0v) is 13.3. The number of carbonyl (C=O) groups is 1. The van der Waals surface area contributed by atoms with E-state index in [9.17, 15) is 18.3 Å². The summed E-state index contributed by atoms with van der Waals surface area (Å²) in [5.41, 5.74) is 0.186. The largest absolute Gasteiger partial charge is 0.508 e. The zero-order chi connectivity index (χ0) is 15.9. The molecule has 2 atom stereocenters. The van der Waals surface area contributed by atoms with Crippen molar-refractivity contribution in [3.05, 3.63) is 28.8 Å². The van der Waals surface area contributed by atoms with Crippen molar-refractivity contribution in [2.75, 3.05) is 25.5 Å². The molecule has 22 heavy (non-hydrogen) atoms. The molecule has 1 N–H and O–H groups in total. The molecule has 6 nitrogen and oxygen atoms in total. The SMILES string of the molecule is O=C(c1cc(O)ccc1Cl)N1CCS(=O)(=O)C2COCCC21. The third-order valence-electron chi connectivity index (χ3n) is 4.19. The van der Waals surface area contributed by atoms with E-state index in [1.54, 1.807) is 4.90 Å². The van der Waals surface area contributed by atoms with E-state index in [4.69, 9.17) is 16.3 Å². The number of hydrogen-bond donors (Lipinski definition) is 1. The third kappa shape index (κ3) is 2.68. The summed E-state index contributed by atoms with van der Waals surface area (Å²) >= 11 is 6.04. The van der Waals surface area contributed by atoms with Crippen LogP contribution in [0.2, 0.25) is 5.02 Å². The second-order valence-corrected chi connectivity index (χ2v) is 8.25. The second kappa shape index (κ2) is 5.72. The maximum Gasteiger partial charge on any atom is 0.255 e. The lowest BCUT2D eigenvalue weighted by atomic mass is 10.0. The number of phenols is 1. The monoisotopic (exact) mass is 345 g/mol. The van der Waals surface area contributed by atoms with Gasteiger partial charge in [0.2, 0.25) is 0 Å². The Morgan fingerprint density at radius 3 is 2.95 bits per heavy atom. The average molecular weight is 346 g/mol. The normalized spacial score (nSPS) is 27.2. The number of sulfone groups is 1. The first kappa shape index (κ1) is 15.6. The van der Waals surface area contributed by atoms with E-state index < -0.39 is 21.1 Å². The van der Waals surface area contributed by atoms with Gasteiger partial charge in [0.1, 0.15) is 11.0 Å². The van der Waals surface area contributed by atoms with Gasteiger partial charge in [0, 0.05) is 13.2 Å². The molecule has 0 saturated carbocycles. The van der Waals surface area contributed by atoms with Crippen LogP contribution in [0.15, 0.2) is 18.2 Å². The lowest BCUT2D eigenvalue weighted by molar-refractivity contribution is 0.0294. The van der Waals surface area contributed by atoms with Crippen LogP contribution in [-0.4, -0.2) is 61.1 Å². The number of benzene rings is 1. The summed E-state index contributed by atoms with van der Waals surface area (Å²) in [6.07, 6.45) is 0.478. The van der Waals surface area contributed by atoms with Gasteiger partial charge in [0.05, 0.1) is 29.0 Å². The van der Waals surface area contributed by atoms with E-state index in [2.05, 4.69) is 0 Å². The fourth-order valence-electron chi connectivity index (χ4n) is 3.03. The highest BCUT2D eigenvalue weighted by molar-refractivity contribution is 7.92. The number of halogens is 1. The van der Waals surface area contributed by atoms with Crippen molar-refractivity contribution in [1.82, 2.24) is 4.90 Å². The van der Waals surface area contributed by atoms with Crippen LogP contribution in [-0.2, 0) is 14.6 Å². The fraction of sp³-hybridized carbons (Fsp3) is 0.500. The topological polar surface area (TPSA) is 83.9 Å². The third-order valence-corrected chi connectivity index (χ3v) is 6.64. The van der Waals surface area contributed by atoms with Crippen LogP contribution < -0.4 is 0 Å². The zero-order valence-electron chi connectivity index (χ0n) is 11.7. The summed E-state index contributed by atoms with van der Waals surface area (Å²) < 4.78 is 29.6. The Kier molecular flexibility index (Phi) is 4.05. The van der Waals surface area contributed by atoms with Gasteiger partial charge >= 0.3 is 0 Å². The van der Waals surface area contributed by atoms with Crippen LogP contribution in [0.1, 0.15) is 16.8 Å². The van der Waals surface area contributed by atoms with Crippen molar-refractivity contribution in [3.63, 3.8) is 0 Å². The van der Waals surface area contributed by atoms with Crippen molar-refractivity contribution in [2.45, 2.75) is 17.7 Å². The number of rotatable bonds is 1. The number of ether oxygens (including phenoxy) is 1. The highest BCUT2D eigenvalue weighted by Crippen LogP contribution is 2.30. The molecule has 2 saturated heterocycles. The maximum absolute atomic E-state index is 12.7. The molecule has 120 valence electrons. The van der Waals surface area contributed by atoms with Gasteiger partial charge in [-0.2, -0.15) is 0 Å². The second-order valence-electron chi connectivity index (χ2n) is 5.50. The van der Waals surface area contributed by atoms with Gasteiger partial charge in [-0.25, -0.2) is 8.42 Å². The molecule has 2 unspecified atom stereocenters. The summed E-state index contributed by atoms with van der Waals surface area (Å²) in [4.78, 5) is 14.3. The Bertz CT molecular complexity index is 705. The van der Waals surface area contributed by atoms with Crippen molar-refractivity contribution < 1.29 is 23.1 Å². The lowest BCUT2D eigenvalue weighted by Crippen LogP contribution is -2.60. The molecule has 1 aromatic carbocycles. The van der Waals surface area contributed by atoms with Crippen molar-refractivity contribution >= 4 is 27.3 Å². The van der Waals surface area contributed by atoms with Crippen LogP contribution in [0.4, 0.5) is 0 Å². The maximum atomic E-state index is 12.7. The highest BCUT2D eigenvalue weighted by atomic mass is 35.5. The predicted octanol–water partition coefficient (Wildman–Crippen LogP) is 1.07. The number of hydrogen-bond acceptors (Lipinski definition) is 5. The smallest absolute Gasteiger partial charge is 0.255 e. The first-order valence-electron chi connectivity index (χ1n) is 6.99. The lowest BCUT2D eigenvalue weighted by Gasteiger charge is -2.43. The van der Waals surface area contributed by atoms with E-state index in [0.717, 1.165) is 0 Å². The molecule has 2 fully saturated rings. The van der Waals surface area contributed by atoms with Crippen LogP contribution in [0.25, 0.3) is 0 Å². The molecule has 0 aromatic heterocycles. The Hall–Kier alpha value is -1.31. The first-order chi connectivity index (χ1) is 10.4. The summed E-state index contributed by atoms with van der Waals surface area (Å²) in [6, 6.07) is 3.75. The van der Waals surface area contributed by atoms with Crippen LogP contribution >= 0.6 is 11.6 Å². The molecular weight excluding hydrogens is 330 g/mol. The molecule has 2 aliphatic heterocycles. The quantitative estimate of drug-likeness (QED) is 0.823. The number of amides is 1. The minimum Gasteiger partial charge on any atom is -0.508 e. The molecule has 0 radical (unpaired) electrons. The van der Waals surface area contributed by atoms with Crippen LogP contribution in [0.3, 0.4) is 0 Å². The summed E-state index contributed by atoms with van der Waals surface area (Å²) in [5, 5.41) is 9.11. The minimum absolute atomic E-state index is 0.0547. The number of phenolic OH excluding ortho intramolecular Hbond substituents is 1. The van der Waals surface area contributed by atoms with E-state index >= 15 is 0 Å². The molecule has 1 aromatic rings. The van der Waals surface area contributed by atoms with Gasteiger partial charge in [-0.3, -0.25) is 4.79 Å². The Morgan fingerprint density at radius 1 is 1.41 bits per heavy atom. The number of fused-ring (bicyclic) bond motifs is 1. The van der Waals surface area contributed by atoms with E-state index in [0.29, 0.717) is 13.0 Å². The molecule has 0 spiro atoms. The van der Waals surface area contributed by atoms with Crippen LogP contribution in [0, 0.1) is 0 Å². The number of aromatic hydroxyl groups is 1. The van der Waals surface area contributed by atoms with Crippen molar-refractivity contribution in [3.8, 4) is 5.75 Å². The highest BCUT2D eigenvalue weighted by Gasteiger charge is 2.45. The van der Waals surface area contributed by atoms with Gasteiger partial charge in [0.25, 0.3) is 5.91 Å². The average Bonchev–Trinajstić information content (AvgIpc) is 2.49. The first-order valence-corrected chi connectivity index (χ1v) is 9.08. The summed E-state index contributed by atoms with van der Waals surface area (Å²) in [6.45, 7) is 0.674. The number of carbonyl (C=O) groups excluding carboxylic acids is 1. The van der Waals surface area contributed by atoms with Crippen LogP contribution in [0.5, 0.6) is 5.75 Å². The van der Waals surface area contributed by atoms with Gasteiger partial charge in [-0.05, 0) is 24.6 Å². The standard InChI is InChI=1S/C14H16ClNO5S/c15-11-2-1-9(17)7-10(11)14(18)16-4-6-22(19,20)13-8-21-5-3-12(13)16/h1-2,7,12-13,17H,3-6,8H2. The summed E-state index contributed by atoms with van der Waals surface area (Å²) in [5.74, 6) is -0.492. The van der Waals surface area contributed by atoms with Gasteiger partial charge in [-0.15, -0.1) is 0 Å². The van der Waals surface area contributed by atoms with Gasteiger partial charge in [-0.1, -0.05) is 11.6 Å². The molecular formula is C14H16ClNO5S. The minimum atomic E-state index is -3.25. The Morgan fingerprint density at radius 2 is 2.18 bits per heavy atom. The van der Waals surface area contributed by atoms with Gasteiger partial charge in [0.15, 0.2) is 9.84 Å². The van der Waals surface area contributed by atoms with E-state index in [1.165, 1.54) is 18.2 Å². The molecule has 3 rings (SSSR count). The Labute approximate surface area is 133 Å². The molecule has 2 heterocycles. The predicted molar refractivity (Wildman–Crippen MR) is 81.0 cm³/mol. The Balaban J connectivity index is 1.94. The number of nitrogens with zero attached hydrogens (tertiary/aromatic N) is 1. The van der Waals surface area contributed by atoms with Gasteiger partial charge < -0.3 is 14.7 Å². The van der Waals surface area contributed by atoms with E-state index in [-0.39, 0.29) is 41.1 Å². The van der Waals surface area contributed by atoms with Crippen molar-refractivity contribution in [2.24, 2.45) is 0 Å². The summed E-state index contributed by atoms with van der Waals surface area (Å²) in [7, 11) is -3.25. The van der Waals surface area contributed by atoms with Crippen molar-refractivity contribution in [1.29, 1.82) is 0 Å².